The first-order valence-electron chi connectivity index (χ1n) is 8.36. The SMILES string of the molecule is [CH2]CCCCCCCCC/C=C/CCCCCC. The smallest absolute Gasteiger partial charge is 0.0351 e. The van der Waals surface area contributed by atoms with Gasteiger partial charge in [-0.1, -0.05) is 90.2 Å². The van der Waals surface area contributed by atoms with Crippen LogP contribution in [0.4, 0.5) is 0 Å². The Hall–Kier alpha value is -0.260. The van der Waals surface area contributed by atoms with Gasteiger partial charge < -0.3 is 0 Å². The van der Waals surface area contributed by atoms with Crippen LogP contribution >= 0.6 is 0 Å². The van der Waals surface area contributed by atoms with Crippen molar-refractivity contribution in [2.75, 3.05) is 0 Å². The van der Waals surface area contributed by atoms with E-state index in [1.165, 1.54) is 83.5 Å². The highest BCUT2D eigenvalue weighted by Crippen LogP contribution is 2.10. The molecule has 0 atom stereocenters. The third kappa shape index (κ3) is 15.7. The highest BCUT2D eigenvalue weighted by molar-refractivity contribution is 4.81. The van der Waals surface area contributed by atoms with Crippen molar-refractivity contribution in [2.24, 2.45) is 0 Å². The van der Waals surface area contributed by atoms with Gasteiger partial charge >= 0.3 is 0 Å². The van der Waals surface area contributed by atoms with Gasteiger partial charge in [0.15, 0.2) is 0 Å². The fourth-order valence-corrected chi connectivity index (χ4v) is 2.25. The van der Waals surface area contributed by atoms with Crippen molar-refractivity contribution in [3.05, 3.63) is 19.1 Å². The second kappa shape index (κ2) is 16.7. The maximum atomic E-state index is 3.88. The molecule has 0 heterocycles. The largest absolute Gasteiger partial charge is 0.0885 e. The molecule has 107 valence electrons. The van der Waals surface area contributed by atoms with Crippen LogP contribution in [0.25, 0.3) is 0 Å². The Bertz CT molecular complexity index is 157. The molecule has 0 saturated heterocycles. The van der Waals surface area contributed by atoms with Crippen molar-refractivity contribution < 1.29 is 0 Å². The summed E-state index contributed by atoms with van der Waals surface area (Å²) >= 11 is 0. The maximum Gasteiger partial charge on any atom is -0.0351 e. The summed E-state index contributed by atoms with van der Waals surface area (Å²) in [5, 5.41) is 0. The molecule has 0 aromatic carbocycles. The zero-order valence-corrected chi connectivity index (χ0v) is 12.8. The van der Waals surface area contributed by atoms with Crippen LogP contribution in [0.1, 0.15) is 96.8 Å². The minimum Gasteiger partial charge on any atom is -0.0885 e. The van der Waals surface area contributed by atoms with Crippen molar-refractivity contribution in [1.29, 1.82) is 0 Å². The molecule has 1 radical (unpaired) electrons. The van der Waals surface area contributed by atoms with Crippen molar-refractivity contribution in [2.45, 2.75) is 96.8 Å². The molecule has 0 saturated carbocycles. The van der Waals surface area contributed by atoms with Crippen LogP contribution in [0, 0.1) is 6.92 Å². The van der Waals surface area contributed by atoms with E-state index in [1.807, 2.05) is 0 Å². The standard InChI is InChI=1S/C18H35/c1-3-5-7-9-11-13-15-17-18-16-14-12-10-8-6-4-2/h14,16H,1,3-13,15,17-18H2,2H3/b16-14+. The van der Waals surface area contributed by atoms with Crippen LogP contribution in [0.15, 0.2) is 12.2 Å². The van der Waals surface area contributed by atoms with Gasteiger partial charge in [0, 0.05) is 0 Å². The fraction of sp³-hybridized carbons (Fsp3) is 0.833. The molecule has 0 aromatic rings. The maximum absolute atomic E-state index is 3.88. The summed E-state index contributed by atoms with van der Waals surface area (Å²) in [6, 6.07) is 0. The summed E-state index contributed by atoms with van der Waals surface area (Å²) in [6.07, 6.45) is 23.9. The minimum atomic E-state index is 1.11. The van der Waals surface area contributed by atoms with Gasteiger partial charge in [0.05, 0.1) is 0 Å². The molecule has 0 aliphatic rings. The Morgan fingerprint density at radius 1 is 0.611 bits per heavy atom. The monoisotopic (exact) mass is 251 g/mol. The Balaban J connectivity index is 2.99. The fourth-order valence-electron chi connectivity index (χ4n) is 2.25. The van der Waals surface area contributed by atoms with E-state index < -0.39 is 0 Å². The van der Waals surface area contributed by atoms with Crippen molar-refractivity contribution >= 4 is 0 Å². The van der Waals surface area contributed by atoms with Crippen LogP contribution in [0.5, 0.6) is 0 Å². The highest BCUT2D eigenvalue weighted by Gasteiger charge is 1.90. The zero-order valence-electron chi connectivity index (χ0n) is 12.8. The van der Waals surface area contributed by atoms with E-state index in [0.29, 0.717) is 0 Å². The van der Waals surface area contributed by atoms with Gasteiger partial charge in [-0.15, -0.1) is 0 Å². The van der Waals surface area contributed by atoms with Gasteiger partial charge in [-0.25, -0.2) is 0 Å². The highest BCUT2D eigenvalue weighted by atomic mass is 14.0. The van der Waals surface area contributed by atoms with Gasteiger partial charge in [0.2, 0.25) is 0 Å². The molecule has 0 bridgehead atoms. The third-order valence-corrected chi connectivity index (χ3v) is 3.51. The molecular weight excluding hydrogens is 216 g/mol. The topological polar surface area (TPSA) is 0 Å². The number of allylic oxidation sites excluding steroid dienone is 2. The summed E-state index contributed by atoms with van der Waals surface area (Å²) in [7, 11) is 0. The van der Waals surface area contributed by atoms with Crippen molar-refractivity contribution in [3.8, 4) is 0 Å². The minimum absolute atomic E-state index is 1.11. The molecule has 18 heavy (non-hydrogen) atoms. The van der Waals surface area contributed by atoms with Crippen LogP contribution in [-0.2, 0) is 0 Å². The van der Waals surface area contributed by atoms with Crippen LogP contribution < -0.4 is 0 Å². The van der Waals surface area contributed by atoms with E-state index in [4.69, 9.17) is 0 Å². The van der Waals surface area contributed by atoms with Crippen molar-refractivity contribution in [1.82, 2.24) is 0 Å². The summed E-state index contributed by atoms with van der Waals surface area (Å²) < 4.78 is 0. The van der Waals surface area contributed by atoms with Crippen LogP contribution in [-0.4, -0.2) is 0 Å². The van der Waals surface area contributed by atoms with E-state index >= 15 is 0 Å². The van der Waals surface area contributed by atoms with Crippen LogP contribution in [0.2, 0.25) is 0 Å². The molecular formula is C18H35. The van der Waals surface area contributed by atoms with Crippen molar-refractivity contribution in [3.63, 3.8) is 0 Å². The molecule has 0 N–H and O–H groups in total. The summed E-state index contributed by atoms with van der Waals surface area (Å²) in [6.45, 7) is 6.15. The molecule has 0 aliphatic heterocycles. The molecule has 0 unspecified atom stereocenters. The summed E-state index contributed by atoms with van der Waals surface area (Å²) in [5.41, 5.74) is 0. The van der Waals surface area contributed by atoms with Gasteiger partial charge in [0.25, 0.3) is 0 Å². The average molecular weight is 251 g/mol. The van der Waals surface area contributed by atoms with Gasteiger partial charge in [-0.05, 0) is 25.7 Å². The average Bonchev–Trinajstić information content (AvgIpc) is 2.39. The van der Waals surface area contributed by atoms with E-state index in [1.54, 1.807) is 0 Å². The number of unbranched alkanes of at least 4 members (excludes halogenated alkanes) is 12. The molecule has 0 spiro atoms. The Morgan fingerprint density at radius 3 is 1.56 bits per heavy atom. The van der Waals surface area contributed by atoms with Gasteiger partial charge in [0.1, 0.15) is 0 Å². The third-order valence-electron chi connectivity index (χ3n) is 3.51. The molecule has 0 heteroatoms. The molecule has 0 amide bonds. The Labute approximate surface area is 116 Å². The lowest BCUT2D eigenvalue weighted by molar-refractivity contribution is 0.583. The molecule has 0 fully saturated rings. The van der Waals surface area contributed by atoms with Crippen LogP contribution in [0.3, 0.4) is 0 Å². The first-order chi connectivity index (χ1) is 8.91. The zero-order chi connectivity index (χ0) is 13.3. The first-order valence-corrected chi connectivity index (χ1v) is 8.36. The predicted octanol–water partition coefficient (Wildman–Crippen LogP) is 6.86. The number of hydrogen-bond donors (Lipinski definition) is 0. The molecule has 0 nitrogen and oxygen atoms in total. The first kappa shape index (κ1) is 17.7. The molecule has 0 aliphatic carbocycles. The Kier molecular flexibility index (Phi) is 16.5. The second-order valence-electron chi connectivity index (χ2n) is 5.44. The lowest BCUT2D eigenvalue weighted by Crippen LogP contribution is -1.80. The molecule has 0 aromatic heterocycles. The van der Waals surface area contributed by atoms with E-state index in [-0.39, 0.29) is 0 Å². The normalized spacial score (nSPS) is 11.4. The summed E-state index contributed by atoms with van der Waals surface area (Å²) in [4.78, 5) is 0. The Morgan fingerprint density at radius 2 is 1.06 bits per heavy atom. The van der Waals surface area contributed by atoms with Gasteiger partial charge in [-0.2, -0.15) is 0 Å². The second-order valence-corrected chi connectivity index (χ2v) is 5.44. The summed E-state index contributed by atoms with van der Waals surface area (Å²) in [5.74, 6) is 0. The van der Waals surface area contributed by atoms with E-state index in [0.717, 1.165) is 6.42 Å². The lowest BCUT2D eigenvalue weighted by atomic mass is 10.1. The predicted molar refractivity (Wildman–Crippen MR) is 84.8 cm³/mol. The van der Waals surface area contributed by atoms with Gasteiger partial charge in [-0.3, -0.25) is 0 Å². The number of rotatable bonds is 14. The lowest BCUT2D eigenvalue weighted by Gasteiger charge is -1.99. The van der Waals surface area contributed by atoms with E-state index in [2.05, 4.69) is 26.0 Å². The van der Waals surface area contributed by atoms with E-state index in [9.17, 15) is 0 Å². The molecule has 0 rings (SSSR count). The number of hydrogen-bond acceptors (Lipinski definition) is 0. The quantitative estimate of drug-likeness (QED) is 0.234.